The highest BCUT2D eigenvalue weighted by Crippen LogP contribution is 2.21. The van der Waals surface area contributed by atoms with Crippen molar-refractivity contribution in [3.63, 3.8) is 0 Å². The fourth-order valence-corrected chi connectivity index (χ4v) is 2.82. The Balaban J connectivity index is 2.01. The molecule has 23 heavy (non-hydrogen) atoms. The third-order valence-corrected chi connectivity index (χ3v) is 4.41. The maximum absolute atomic E-state index is 12.5. The summed E-state index contributed by atoms with van der Waals surface area (Å²) in [5.74, 6) is 0.817. The van der Waals surface area contributed by atoms with Crippen molar-refractivity contribution in [2.45, 2.75) is 26.2 Å². The zero-order valence-corrected chi connectivity index (χ0v) is 15.5. The highest BCUT2D eigenvalue weighted by atomic mass is 79.9. The van der Waals surface area contributed by atoms with E-state index in [1.807, 2.05) is 25.1 Å². The Labute approximate surface area is 150 Å². The van der Waals surface area contributed by atoms with E-state index in [2.05, 4.69) is 15.9 Å². The Morgan fingerprint density at radius 1 is 1.09 bits per heavy atom. The van der Waals surface area contributed by atoms with Gasteiger partial charge in [-0.05, 0) is 74.2 Å². The van der Waals surface area contributed by atoms with Crippen LogP contribution in [-0.4, -0.2) is 17.7 Å². The Kier molecular flexibility index (Phi) is 7.13. The average molecular weight is 396 g/mol. The predicted molar refractivity (Wildman–Crippen MR) is 99.2 cm³/mol. The highest BCUT2D eigenvalue weighted by Gasteiger charge is 2.12. The third kappa shape index (κ3) is 5.36. The van der Waals surface area contributed by atoms with Crippen LogP contribution in [0.4, 0.5) is 0 Å². The summed E-state index contributed by atoms with van der Waals surface area (Å²) in [5.41, 5.74) is 2.25. The lowest BCUT2D eigenvalue weighted by Crippen LogP contribution is -2.04. The lowest BCUT2D eigenvalue weighted by Gasteiger charge is -2.10. The molecule has 0 saturated heterocycles. The molecule has 0 aliphatic carbocycles. The molecule has 0 heterocycles. The number of hydrogen-bond acceptors (Lipinski definition) is 2. The highest BCUT2D eigenvalue weighted by molar-refractivity contribution is 9.09. The smallest absolute Gasteiger partial charge is 0.193 e. The summed E-state index contributed by atoms with van der Waals surface area (Å²) in [7, 11) is 0. The van der Waals surface area contributed by atoms with E-state index in [0.29, 0.717) is 22.8 Å². The second kappa shape index (κ2) is 9.09. The number of ether oxygens (including phenoxy) is 1. The molecular weight excluding hydrogens is 376 g/mol. The van der Waals surface area contributed by atoms with Gasteiger partial charge in [-0.2, -0.15) is 0 Å². The van der Waals surface area contributed by atoms with E-state index in [1.54, 1.807) is 24.3 Å². The molecule has 0 aliphatic heterocycles. The van der Waals surface area contributed by atoms with E-state index in [-0.39, 0.29) is 5.78 Å². The molecule has 0 radical (unpaired) electrons. The largest absolute Gasteiger partial charge is 0.494 e. The molecule has 0 bridgehead atoms. The first-order valence-electron chi connectivity index (χ1n) is 7.71. The minimum absolute atomic E-state index is 0.00281. The molecule has 2 nitrogen and oxygen atoms in total. The van der Waals surface area contributed by atoms with Crippen LogP contribution in [0.1, 0.15) is 40.7 Å². The van der Waals surface area contributed by atoms with Crippen molar-refractivity contribution in [3.8, 4) is 5.75 Å². The SMILES string of the molecule is Cc1cc(OCCCCCBr)ccc1C(=O)c1ccc(Cl)cc1. The van der Waals surface area contributed by atoms with Crippen molar-refractivity contribution in [2.75, 3.05) is 11.9 Å². The van der Waals surface area contributed by atoms with Crippen LogP contribution < -0.4 is 4.74 Å². The van der Waals surface area contributed by atoms with Gasteiger partial charge in [0.2, 0.25) is 0 Å². The molecule has 0 aliphatic rings. The van der Waals surface area contributed by atoms with Gasteiger partial charge in [-0.1, -0.05) is 27.5 Å². The molecular formula is C19H20BrClO2. The molecule has 2 rings (SSSR count). The van der Waals surface area contributed by atoms with Crippen LogP contribution in [-0.2, 0) is 0 Å². The fraction of sp³-hybridized carbons (Fsp3) is 0.316. The molecule has 2 aromatic carbocycles. The molecule has 0 spiro atoms. The van der Waals surface area contributed by atoms with Gasteiger partial charge in [-0.3, -0.25) is 4.79 Å². The lowest BCUT2D eigenvalue weighted by atomic mass is 9.99. The minimum Gasteiger partial charge on any atom is -0.494 e. The summed E-state index contributed by atoms with van der Waals surface area (Å²) in [6.07, 6.45) is 3.35. The minimum atomic E-state index is 0.00281. The standard InChI is InChI=1S/C19H20BrClO2/c1-14-13-17(23-12-4-2-3-11-20)9-10-18(14)19(22)15-5-7-16(21)8-6-15/h5-10,13H,2-4,11-12H2,1H3. The summed E-state index contributed by atoms with van der Waals surface area (Å²) < 4.78 is 5.75. The zero-order valence-electron chi connectivity index (χ0n) is 13.1. The average Bonchev–Trinajstić information content (AvgIpc) is 2.55. The normalized spacial score (nSPS) is 10.6. The van der Waals surface area contributed by atoms with Crippen molar-refractivity contribution in [3.05, 3.63) is 64.2 Å². The monoisotopic (exact) mass is 394 g/mol. The Bertz CT molecular complexity index is 653. The van der Waals surface area contributed by atoms with Gasteiger partial charge in [0, 0.05) is 21.5 Å². The van der Waals surface area contributed by atoms with E-state index in [9.17, 15) is 4.79 Å². The topological polar surface area (TPSA) is 26.3 Å². The van der Waals surface area contributed by atoms with Gasteiger partial charge >= 0.3 is 0 Å². The first-order valence-corrected chi connectivity index (χ1v) is 9.21. The van der Waals surface area contributed by atoms with Gasteiger partial charge in [-0.15, -0.1) is 0 Å². The number of carbonyl (C=O) groups is 1. The second-order valence-electron chi connectivity index (χ2n) is 5.41. The molecule has 4 heteroatoms. The van der Waals surface area contributed by atoms with Crippen molar-refractivity contribution >= 4 is 33.3 Å². The molecule has 0 unspecified atom stereocenters. The summed E-state index contributed by atoms with van der Waals surface area (Å²) in [5, 5.41) is 1.66. The van der Waals surface area contributed by atoms with Crippen LogP contribution in [0.2, 0.25) is 5.02 Å². The molecule has 122 valence electrons. The molecule has 0 N–H and O–H groups in total. The Hall–Kier alpha value is -1.32. The maximum Gasteiger partial charge on any atom is 0.193 e. The van der Waals surface area contributed by atoms with Crippen LogP contribution in [0.15, 0.2) is 42.5 Å². The van der Waals surface area contributed by atoms with Crippen molar-refractivity contribution in [1.29, 1.82) is 0 Å². The van der Waals surface area contributed by atoms with Crippen molar-refractivity contribution < 1.29 is 9.53 Å². The van der Waals surface area contributed by atoms with Gasteiger partial charge in [0.25, 0.3) is 0 Å². The van der Waals surface area contributed by atoms with Crippen molar-refractivity contribution in [1.82, 2.24) is 0 Å². The molecule has 0 aromatic heterocycles. The van der Waals surface area contributed by atoms with Crippen LogP contribution in [0, 0.1) is 6.92 Å². The Morgan fingerprint density at radius 3 is 2.48 bits per heavy atom. The number of carbonyl (C=O) groups excluding carboxylic acids is 1. The van der Waals surface area contributed by atoms with E-state index >= 15 is 0 Å². The van der Waals surface area contributed by atoms with Gasteiger partial charge < -0.3 is 4.74 Å². The number of hydrogen-bond donors (Lipinski definition) is 0. The second-order valence-corrected chi connectivity index (χ2v) is 6.64. The van der Waals surface area contributed by atoms with E-state index in [4.69, 9.17) is 16.3 Å². The van der Waals surface area contributed by atoms with Gasteiger partial charge in [0.1, 0.15) is 5.75 Å². The summed E-state index contributed by atoms with van der Waals surface area (Å²) in [6, 6.07) is 12.6. The molecule has 0 fully saturated rings. The number of aryl methyl sites for hydroxylation is 1. The molecule has 0 saturated carbocycles. The van der Waals surface area contributed by atoms with Crippen LogP contribution >= 0.6 is 27.5 Å². The molecule has 0 atom stereocenters. The summed E-state index contributed by atoms with van der Waals surface area (Å²) in [4.78, 5) is 12.5. The number of rotatable bonds is 8. The van der Waals surface area contributed by atoms with E-state index in [0.717, 1.165) is 35.9 Å². The van der Waals surface area contributed by atoms with E-state index in [1.165, 1.54) is 0 Å². The predicted octanol–water partition coefficient (Wildman–Crippen LogP) is 5.82. The number of ketones is 1. The van der Waals surface area contributed by atoms with Crippen molar-refractivity contribution in [2.24, 2.45) is 0 Å². The first kappa shape index (κ1) is 18.0. The zero-order chi connectivity index (χ0) is 16.7. The number of halogens is 2. The lowest BCUT2D eigenvalue weighted by molar-refractivity contribution is 0.103. The number of unbranched alkanes of at least 4 members (excludes halogenated alkanes) is 2. The van der Waals surface area contributed by atoms with Crippen LogP contribution in [0.25, 0.3) is 0 Å². The van der Waals surface area contributed by atoms with Crippen LogP contribution in [0.5, 0.6) is 5.75 Å². The first-order chi connectivity index (χ1) is 11.1. The van der Waals surface area contributed by atoms with E-state index < -0.39 is 0 Å². The van der Waals surface area contributed by atoms with Gasteiger partial charge in [-0.25, -0.2) is 0 Å². The molecule has 0 amide bonds. The Morgan fingerprint density at radius 2 is 1.83 bits per heavy atom. The van der Waals surface area contributed by atoms with Gasteiger partial charge in [0.05, 0.1) is 6.61 Å². The number of benzene rings is 2. The maximum atomic E-state index is 12.5. The van der Waals surface area contributed by atoms with Crippen LogP contribution in [0.3, 0.4) is 0 Å². The van der Waals surface area contributed by atoms with Gasteiger partial charge in [0.15, 0.2) is 5.78 Å². The molecule has 2 aromatic rings. The quantitative estimate of drug-likeness (QED) is 0.319. The fourth-order valence-electron chi connectivity index (χ4n) is 2.30. The summed E-state index contributed by atoms with van der Waals surface area (Å²) in [6.45, 7) is 2.64. The number of alkyl halides is 1. The third-order valence-electron chi connectivity index (χ3n) is 3.60. The summed E-state index contributed by atoms with van der Waals surface area (Å²) >= 11 is 9.28.